The van der Waals surface area contributed by atoms with Crippen LogP contribution in [0.3, 0.4) is 0 Å². The van der Waals surface area contributed by atoms with E-state index in [2.05, 4.69) is 5.32 Å². The van der Waals surface area contributed by atoms with Crippen molar-refractivity contribution in [1.82, 2.24) is 10.2 Å². The summed E-state index contributed by atoms with van der Waals surface area (Å²) in [5.41, 5.74) is 0.834. The van der Waals surface area contributed by atoms with E-state index < -0.39 is 30.1 Å². The molecule has 1 aromatic rings. The Hall–Kier alpha value is -2.90. The normalized spacial score (nSPS) is 17.2. The molecule has 27 heavy (non-hydrogen) atoms. The third-order valence-electron chi connectivity index (χ3n) is 4.39. The third kappa shape index (κ3) is 6.09. The molecule has 2 amide bonds. The third-order valence-corrected chi connectivity index (χ3v) is 4.39. The van der Waals surface area contributed by atoms with Gasteiger partial charge in [0.25, 0.3) is 0 Å². The highest BCUT2D eigenvalue weighted by Crippen LogP contribution is 2.19. The van der Waals surface area contributed by atoms with Crippen LogP contribution in [0.4, 0.5) is 4.79 Å². The van der Waals surface area contributed by atoms with Gasteiger partial charge in [-0.2, -0.15) is 0 Å². The fourth-order valence-electron chi connectivity index (χ4n) is 2.93. The molecule has 8 nitrogen and oxygen atoms in total. The van der Waals surface area contributed by atoms with Gasteiger partial charge in [-0.3, -0.25) is 9.69 Å². The van der Waals surface area contributed by atoms with Crippen molar-refractivity contribution in [3.05, 3.63) is 35.9 Å². The zero-order valence-electron chi connectivity index (χ0n) is 15.2. The number of carboxylic acids is 1. The lowest BCUT2D eigenvalue weighted by Crippen LogP contribution is -2.51. The van der Waals surface area contributed by atoms with Gasteiger partial charge in [0.05, 0.1) is 0 Å². The van der Waals surface area contributed by atoms with Crippen LogP contribution in [0.15, 0.2) is 30.3 Å². The number of likely N-dealkylation sites (tertiary alicyclic amines) is 1. The number of nitrogens with one attached hydrogen (secondary N) is 1. The monoisotopic (exact) mass is 376 g/mol. The number of amides is 2. The fourth-order valence-corrected chi connectivity index (χ4v) is 2.93. The Kier molecular flexibility index (Phi) is 7.34. The molecule has 1 aliphatic rings. The predicted octanol–water partition coefficient (Wildman–Crippen LogP) is 1.73. The molecular weight excluding hydrogens is 352 g/mol. The maximum atomic E-state index is 12.5. The largest absolute Gasteiger partial charge is 0.480 e. The van der Waals surface area contributed by atoms with Crippen LogP contribution in [0.2, 0.25) is 0 Å². The summed E-state index contributed by atoms with van der Waals surface area (Å²) < 4.78 is 5.27. The number of carbonyl (C=O) groups is 4. The van der Waals surface area contributed by atoms with Crippen molar-refractivity contribution in [2.75, 3.05) is 6.54 Å². The molecule has 1 saturated heterocycles. The highest BCUT2D eigenvalue weighted by Gasteiger charge is 2.36. The number of aliphatic carboxylic acids is 1. The zero-order chi connectivity index (χ0) is 19.8. The Balaban J connectivity index is 1.92. The van der Waals surface area contributed by atoms with Crippen LogP contribution in [0.1, 0.15) is 38.2 Å². The average Bonchev–Trinajstić information content (AvgIpc) is 3.13. The summed E-state index contributed by atoms with van der Waals surface area (Å²) in [5, 5.41) is 11.7. The standard InChI is InChI=1S/C19H24N2O6/c1-13(22)9-10-15(18(24)25)20-17(23)16-8-5-11-21(16)19(26)27-12-14-6-3-2-4-7-14/h2-4,6-7,15-16H,5,8-12H2,1H3,(H,20,23)(H,24,25)/t15-,16+/m0/s1. The van der Waals surface area contributed by atoms with Crippen LogP contribution < -0.4 is 5.32 Å². The number of carboxylic acid groups (broad SMARTS) is 1. The molecule has 1 heterocycles. The Labute approximate surface area is 157 Å². The SMILES string of the molecule is CC(=O)CC[C@H](NC(=O)[C@H]1CCCN1C(=O)OCc1ccccc1)C(=O)O. The molecule has 0 spiro atoms. The number of ether oxygens (including phenoxy) is 1. The van der Waals surface area contributed by atoms with E-state index >= 15 is 0 Å². The van der Waals surface area contributed by atoms with Crippen LogP contribution in [0.25, 0.3) is 0 Å². The average molecular weight is 376 g/mol. The van der Waals surface area contributed by atoms with E-state index in [4.69, 9.17) is 4.74 Å². The zero-order valence-corrected chi connectivity index (χ0v) is 15.2. The molecule has 1 aliphatic heterocycles. The van der Waals surface area contributed by atoms with Crippen molar-refractivity contribution in [2.45, 2.75) is 51.3 Å². The van der Waals surface area contributed by atoms with Gasteiger partial charge in [-0.1, -0.05) is 30.3 Å². The first-order valence-electron chi connectivity index (χ1n) is 8.88. The number of carbonyl (C=O) groups excluding carboxylic acids is 3. The van der Waals surface area contributed by atoms with Crippen molar-refractivity contribution in [3.63, 3.8) is 0 Å². The Morgan fingerprint density at radius 3 is 2.59 bits per heavy atom. The van der Waals surface area contributed by atoms with E-state index in [1.54, 1.807) is 0 Å². The second-order valence-electron chi connectivity index (χ2n) is 6.53. The van der Waals surface area contributed by atoms with Crippen molar-refractivity contribution in [3.8, 4) is 0 Å². The number of ketones is 1. The lowest BCUT2D eigenvalue weighted by molar-refractivity contribution is -0.142. The Bertz CT molecular complexity index is 691. The van der Waals surface area contributed by atoms with E-state index in [9.17, 15) is 24.3 Å². The van der Waals surface area contributed by atoms with Gasteiger partial charge in [0.2, 0.25) is 5.91 Å². The molecule has 0 radical (unpaired) electrons. The molecule has 8 heteroatoms. The maximum Gasteiger partial charge on any atom is 0.410 e. The predicted molar refractivity (Wildman–Crippen MR) is 95.8 cm³/mol. The van der Waals surface area contributed by atoms with Gasteiger partial charge in [-0.15, -0.1) is 0 Å². The van der Waals surface area contributed by atoms with Gasteiger partial charge in [0.15, 0.2) is 0 Å². The minimum Gasteiger partial charge on any atom is -0.480 e. The smallest absolute Gasteiger partial charge is 0.410 e. The Morgan fingerprint density at radius 2 is 1.96 bits per heavy atom. The van der Waals surface area contributed by atoms with E-state index in [1.807, 2.05) is 30.3 Å². The van der Waals surface area contributed by atoms with E-state index in [1.165, 1.54) is 11.8 Å². The molecule has 0 saturated carbocycles. The van der Waals surface area contributed by atoms with Crippen LogP contribution in [0, 0.1) is 0 Å². The molecule has 2 rings (SSSR count). The summed E-state index contributed by atoms with van der Waals surface area (Å²) in [6.07, 6.45) is 0.536. The molecule has 0 bridgehead atoms. The molecule has 0 aromatic heterocycles. The first-order valence-corrected chi connectivity index (χ1v) is 8.88. The summed E-state index contributed by atoms with van der Waals surface area (Å²) in [7, 11) is 0. The van der Waals surface area contributed by atoms with Crippen molar-refractivity contribution in [2.24, 2.45) is 0 Å². The highest BCUT2D eigenvalue weighted by molar-refractivity contribution is 5.90. The van der Waals surface area contributed by atoms with Crippen molar-refractivity contribution in [1.29, 1.82) is 0 Å². The van der Waals surface area contributed by atoms with Gasteiger partial charge in [0, 0.05) is 13.0 Å². The minimum atomic E-state index is -1.21. The molecule has 0 aliphatic carbocycles. The van der Waals surface area contributed by atoms with Gasteiger partial charge in [-0.25, -0.2) is 9.59 Å². The van der Waals surface area contributed by atoms with Crippen LogP contribution >= 0.6 is 0 Å². The number of nitrogens with zero attached hydrogens (tertiary/aromatic N) is 1. The topological polar surface area (TPSA) is 113 Å². The summed E-state index contributed by atoms with van der Waals surface area (Å²) >= 11 is 0. The second kappa shape index (κ2) is 9.70. The van der Waals surface area contributed by atoms with Crippen LogP contribution in [-0.2, 0) is 25.7 Å². The van der Waals surface area contributed by atoms with Gasteiger partial charge in [0.1, 0.15) is 24.5 Å². The Morgan fingerprint density at radius 1 is 1.26 bits per heavy atom. The quantitative estimate of drug-likeness (QED) is 0.714. The number of hydrogen-bond acceptors (Lipinski definition) is 5. The summed E-state index contributed by atoms with van der Waals surface area (Å²) in [6.45, 7) is 1.83. The molecule has 0 unspecified atom stereocenters. The van der Waals surface area contributed by atoms with Gasteiger partial charge >= 0.3 is 12.1 Å². The molecule has 2 atom stereocenters. The van der Waals surface area contributed by atoms with E-state index in [0.29, 0.717) is 19.4 Å². The van der Waals surface area contributed by atoms with Crippen LogP contribution in [0.5, 0.6) is 0 Å². The van der Waals surface area contributed by atoms with E-state index in [0.717, 1.165) is 5.56 Å². The molecule has 1 fully saturated rings. The molecule has 1 aromatic carbocycles. The molecule has 2 N–H and O–H groups in total. The fraction of sp³-hybridized carbons (Fsp3) is 0.474. The van der Waals surface area contributed by atoms with Crippen LogP contribution in [-0.4, -0.2) is 52.4 Å². The number of hydrogen-bond donors (Lipinski definition) is 2. The molecular formula is C19H24N2O6. The first-order chi connectivity index (χ1) is 12.9. The lowest BCUT2D eigenvalue weighted by Gasteiger charge is -2.25. The second-order valence-corrected chi connectivity index (χ2v) is 6.53. The first kappa shape index (κ1) is 20.4. The van der Waals surface area contributed by atoms with Gasteiger partial charge in [-0.05, 0) is 31.7 Å². The lowest BCUT2D eigenvalue weighted by atomic mass is 10.1. The number of rotatable bonds is 8. The van der Waals surface area contributed by atoms with E-state index in [-0.39, 0.29) is 25.2 Å². The summed E-state index contributed by atoms with van der Waals surface area (Å²) in [6, 6.07) is 7.25. The summed E-state index contributed by atoms with van der Waals surface area (Å²) in [5.74, 6) is -1.90. The maximum absolute atomic E-state index is 12.5. The highest BCUT2D eigenvalue weighted by atomic mass is 16.6. The summed E-state index contributed by atoms with van der Waals surface area (Å²) in [4.78, 5) is 48.5. The van der Waals surface area contributed by atoms with Gasteiger partial charge < -0.3 is 20.0 Å². The number of Topliss-reactive ketones (excluding diaryl/α,β-unsaturated/α-hetero) is 1. The van der Waals surface area contributed by atoms with Crippen molar-refractivity contribution < 1.29 is 29.0 Å². The molecule has 146 valence electrons. The van der Waals surface area contributed by atoms with Crippen molar-refractivity contribution >= 4 is 23.8 Å². The number of benzene rings is 1. The minimum absolute atomic E-state index is 0.0155.